The van der Waals surface area contributed by atoms with Gasteiger partial charge in [-0.25, -0.2) is 4.39 Å². The van der Waals surface area contributed by atoms with Crippen molar-refractivity contribution in [3.63, 3.8) is 0 Å². The average Bonchev–Trinajstić information content (AvgIpc) is 1.97. The van der Waals surface area contributed by atoms with Crippen molar-refractivity contribution in [2.24, 2.45) is 0 Å². The highest BCUT2D eigenvalue weighted by Crippen LogP contribution is 2.44. The van der Waals surface area contributed by atoms with Crippen LogP contribution in [-0.2, 0) is 0 Å². The van der Waals surface area contributed by atoms with E-state index in [1.807, 2.05) is 0 Å². The van der Waals surface area contributed by atoms with Crippen LogP contribution in [0.1, 0.15) is 6.92 Å². The summed E-state index contributed by atoms with van der Waals surface area (Å²) in [6.07, 6.45) is -12.1. The molecule has 0 aromatic heterocycles. The Balaban J connectivity index is 5.44. The first kappa shape index (κ1) is 14.1. The summed E-state index contributed by atoms with van der Waals surface area (Å²) in [7, 11) is 0. The molecular formula is C6H3F9. The lowest BCUT2D eigenvalue weighted by Crippen LogP contribution is -2.38. The summed E-state index contributed by atoms with van der Waals surface area (Å²) in [4.78, 5) is 0. The van der Waals surface area contributed by atoms with Gasteiger partial charge < -0.3 is 0 Å². The van der Waals surface area contributed by atoms with Crippen LogP contribution in [0.25, 0.3) is 0 Å². The third-order valence-corrected chi connectivity index (χ3v) is 1.41. The molecule has 0 nitrogen and oxygen atoms in total. The summed E-state index contributed by atoms with van der Waals surface area (Å²) in [5.41, 5.74) is -2.71. The van der Waals surface area contributed by atoms with Gasteiger partial charge in [0.1, 0.15) is 0 Å². The molecule has 0 aliphatic heterocycles. The lowest BCUT2D eigenvalue weighted by Gasteiger charge is -2.21. The number of hydrogen-bond acceptors (Lipinski definition) is 0. The van der Waals surface area contributed by atoms with Crippen LogP contribution in [0.4, 0.5) is 39.5 Å². The number of halogens is 9. The molecule has 0 atom stereocenters. The van der Waals surface area contributed by atoms with Gasteiger partial charge in [-0.3, -0.25) is 0 Å². The van der Waals surface area contributed by atoms with Gasteiger partial charge in [-0.05, 0) is 6.92 Å². The van der Waals surface area contributed by atoms with Crippen molar-refractivity contribution in [2.45, 2.75) is 25.2 Å². The Bertz CT molecular complexity index is 265. The zero-order chi connectivity index (χ0) is 12.7. The van der Waals surface area contributed by atoms with Crippen LogP contribution in [0.3, 0.4) is 0 Å². The third kappa shape index (κ3) is 2.78. The molecule has 0 unspecified atom stereocenters. The fraction of sp³-hybridized carbons (Fsp3) is 0.667. The Morgan fingerprint density at radius 3 is 1.33 bits per heavy atom. The van der Waals surface area contributed by atoms with Gasteiger partial charge in [0, 0.05) is 5.57 Å². The first-order chi connectivity index (χ1) is 6.32. The Labute approximate surface area is 77.4 Å². The van der Waals surface area contributed by atoms with Crippen LogP contribution < -0.4 is 0 Å². The fourth-order valence-electron chi connectivity index (χ4n) is 0.563. The maximum Gasteiger partial charge on any atom is 0.457 e. The smallest absolute Gasteiger partial charge is 0.202 e. The van der Waals surface area contributed by atoms with E-state index in [-0.39, 0.29) is 6.92 Å². The van der Waals surface area contributed by atoms with E-state index in [1.165, 1.54) is 0 Å². The van der Waals surface area contributed by atoms with Gasteiger partial charge >= 0.3 is 18.3 Å². The van der Waals surface area contributed by atoms with Crippen molar-refractivity contribution >= 4 is 0 Å². The number of allylic oxidation sites excluding steroid dienone is 2. The standard InChI is InChI=1S/C6H3F9/c1-2(3(7)5(10,11)12)4(8,9)6(13,14)15/h1H3/b3-2-. The van der Waals surface area contributed by atoms with Gasteiger partial charge in [-0.1, -0.05) is 0 Å². The van der Waals surface area contributed by atoms with Crippen LogP contribution in [0.2, 0.25) is 0 Å². The van der Waals surface area contributed by atoms with Crippen LogP contribution in [0, 0.1) is 0 Å². The topological polar surface area (TPSA) is 0 Å². The second-order valence-corrected chi connectivity index (χ2v) is 2.51. The van der Waals surface area contributed by atoms with Gasteiger partial charge in [-0.15, -0.1) is 0 Å². The van der Waals surface area contributed by atoms with Crippen molar-refractivity contribution in [2.75, 3.05) is 0 Å². The molecule has 0 aliphatic carbocycles. The van der Waals surface area contributed by atoms with E-state index in [2.05, 4.69) is 0 Å². The van der Waals surface area contributed by atoms with Crippen LogP contribution >= 0.6 is 0 Å². The van der Waals surface area contributed by atoms with Crippen LogP contribution in [0.15, 0.2) is 11.4 Å². The Hall–Kier alpha value is -0.890. The molecule has 0 aliphatic rings. The maximum absolute atomic E-state index is 12.2. The second kappa shape index (κ2) is 3.60. The number of rotatable bonds is 1. The van der Waals surface area contributed by atoms with E-state index in [9.17, 15) is 39.5 Å². The van der Waals surface area contributed by atoms with Crippen molar-refractivity contribution in [1.29, 1.82) is 0 Å². The minimum Gasteiger partial charge on any atom is -0.202 e. The molecular weight excluding hydrogens is 243 g/mol. The molecule has 0 N–H and O–H groups in total. The number of alkyl halides is 8. The monoisotopic (exact) mass is 246 g/mol. The molecule has 0 amide bonds. The predicted octanol–water partition coefficient (Wildman–Crippen LogP) is 3.99. The molecule has 9 heteroatoms. The predicted molar refractivity (Wildman–Crippen MR) is 30.9 cm³/mol. The van der Waals surface area contributed by atoms with Gasteiger partial charge in [0.25, 0.3) is 0 Å². The van der Waals surface area contributed by atoms with E-state index in [0.29, 0.717) is 0 Å². The molecule has 0 fully saturated rings. The first-order valence-corrected chi connectivity index (χ1v) is 3.20. The Kier molecular flexibility index (Phi) is 3.39. The molecule has 0 saturated heterocycles. The molecule has 0 bridgehead atoms. The molecule has 15 heavy (non-hydrogen) atoms. The molecule has 0 heterocycles. The highest BCUT2D eigenvalue weighted by Gasteiger charge is 2.61. The number of hydrogen-bond donors (Lipinski definition) is 0. The molecule has 0 radical (unpaired) electrons. The Morgan fingerprint density at radius 2 is 1.13 bits per heavy atom. The largest absolute Gasteiger partial charge is 0.457 e. The van der Waals surface area contributed by atoms with Crippen molar-refractivity contribution in [3.8, 4) is 0 Å². The minimum absolute atomic E-state index is 0.268. The highest BCUT2D eigenvalue weighted by atomic mass is 19.4. The van der Waals surface area contributed by atoms with Crippen molar-refractivity contribution < 1.29 is 39.5 Å². The average molecular weight is 246 g/mol. The molecule has 0 rings (SSSR count). The highest BCUT2D eigenvalue weighted by molar-refractivity contribution is 5.20. The van der Waals surface area contributed by atoms with E-state index < -0.39 is 29.7 Å². The zero-order valence-corrected chi connectivity index (χ0v) is 6.90. The summed E-state index contributed by atoms with van der Waals surface area (Å²) < 4.78 is 105. The first-order valence-electron chi connectivity index (χ1n) is 3.20. The van der Waals surface area contributed by atoms with Gasteiger partial charge in [-0.2, -0.15) is 35.1 Å². The lowest BCUT2D eigenvalue weighted by molar-refractivity contribution is -0.266. The van der Waals surface area contributed by atoms with Crippen LogP contribution in [0.5, 0.6) is 0 Å². The third-order valence-electron chi connectivity index (χ3n) is 1.41. The lowest BCUT2D eigenvalue weighted by atomic mass is 10.1. The minimum atomic E-state index is -6.26. The summed E-state index contributed by atoms with van der Waals surface area (Å²) in [6, 6.07) is 0. The van der Waals surface area contributed by atoms with E-state index >= 15 is 0 Å². The van der Waals surface area contributed by atoms with Crippen molar-refractivity contribution in [3.05, 3.63) is 11.4 Å². The normalized spacial score (nSPS) is 16.4. The molecule has 0 aromatic rings. The Morgan fingerprint density at radius 1 is 0.800 bits per heavy atom. The summed E-state index contributed by atoms with van der Waals surface area (Å²) in [5, 5.41) is 0. The zero-order valence-electron chi connectivity index (χ0n) is 6.90. The molecule has 90 valence electrons. The SMILES string of the molecule is C/C(=C(/F)C(F)(F)F)C(F)(F)C(F)(F)F. The van der Waals surface area contributed by atoms with Crippen molar-refractivity contribution in [1.82, 2.24) is 0 Å². The van der Waals surface area contributed by atoms with E-state index in [1.54, 1.807) is 0 Å². The quantitative estimate of drug-likeness (QED) is 0.613. The fourth-order valence-corrected chi connectivity index (χ4v) is 0.563. The van der Waals surface area contributed by atoms with Gasteiger partial charge in [0.2, 0.25) is 5.83 Å². The summed E-state index contributed by atoms with van der Waals surface area (Å²) in [6.45, 7) is -0.268. The molecule has 0 spiro atoms. The molecule has 0 saturated carbocycles. The second-order valence-electron chi connectivity index (χ2n) is 2.51. The summed E-state index contributed by atoms with van der Waals surface area (Å²) >= 11 is 0. The van der Waals surface area contributed by atoms with Gasteiger partial charge in [0.15, 0.2) is 0 Å². The van der Waals surface area contributed by atoms with Gasteiger partial charge in [0.05, 0.1) is 0 Å². The van der Waals surface area contributed by atoms with Crippen LogP contribution in [-0.4, -0.2) is 18.3 Å². The maximum atomic E-state index is 12.2. The summed E-state index contributed by atoms with van der Waals surface area (Å²) in [5.74, 6) is -9.28. The van der Waals surface area contributed by atoms with E-state index in [0.717, 1.165) is 0 Å². The van der Waals surface area contributed by atoms with E-state index in [4.69, 9.17) is 0 Å². The molecule has 0 aromatic carbocycles.